The lowest BCUT2D eigenvalue weighted by molar-refractivity contribution is -0.128. The van der Waals surface area contributed by atoms with Gasteiger partial charge in [0.2, 0.25) is 11.8 Å². The van der Waals surface area contributed by atoms with E-state index in [0.29, 0.717) is 34.7 Å². The molecule has 0 spiro atoms. The van der Waals surface area contributed by atoms with E-state index in [-0.39, 0.29) is 18.2 Å². The van der Waals surface area contributed by atoms with Crippen LogP contribution in [0.3, 0.4) is 0 Å². The van der Waals surface area contributed by atoms with Crippen LogP contribution in [-0.4, -0.2) is 47.4 Å². The number of rotatable bonds is 7. The molecular weight excluding hydrogens is 446 g/mol. The van der Waals surface area contributed by atoms with Gasteiger partial charge < -0.3 is 10.1 Å². The predicted molar refractivity (Wildman–Crippen MR) is 131 cm³/mol. The smallest absolute Gasteiger partial charge is 0.242 e. The highest BCUT2D eigenvalue weighted by molar-refractivity contribution is 8.15. The molecule has 0 aliphatic carbocycles. The van der Waals surface area contributed by atoms with Gasteiger partial charge in [-0.3, -0.25) is 14.5 Å². The summed E-state index contributed by atoms with van der Waals surface area (Å²) >= 11 is 7.24. The third-order valence-corrected chi connectivity index (χ3v) is 6.42. The number of aliphatic imine (C=N–C) groups is 1. The third-order valence-electron chi connectivity index (χ3n) is 4.99. The number of nitrogens with one attached hydrogen (secondary N) is 1. The Morgan fingerprint density at radius 2 is 1.88 bits per heavy atom. The number of amides is 2. The van der Waals surface area contributed by atoms with Crippen LogP contribution < -0.4 is 5.32 Å². The van der Waals surface area contributed by atoms with Gasteiger partial charge in [0.05, 0.1) is 18.8 Å². The molecule has 1 saturated heterocycles. The van der Waals surface area contributed by atoms with E-state index in [0.717, 1.165) is 10.8 Å². The van der Waals surface area contributed by atoms with Crippen LogP contribution in [-0.2, 0) is 14.3 Å². The fourth-order valence-corrected chi connectivity index (χ4v) is 4.70. The van der Waals surface area contributed by atoms with Gasteiger partial charge in [-0.1, -0.05) is 53.7 Å². The van der Waals surface area contributed by atoms with Crippen molar-refractivity contribution in [3.8, 4) is 0 Å². The Morgan fingerprint density at radius 1 is 1.12 bits per heavy atom. The zero-order valence-corrected chi connectivity index (χ0v) is 19.0. The van der Waals surface area contributed by atoms with Crippen molar-refractivity contribution in [2.75, 3.05) is 25.6 Å². The molecule has 0 radical (unpaired) electrons. The number of halogens is 1. The Labute approximate surface area is 195 Å². The van der Waals surface area contributed by atoms with Crippen molar-refractivity contribution >= 4 is 62.5 Å². The quantitative estimate of drug-likeness (QED) is 0.524. The largest absolute Gasteiger partial charge is 0.383 e. The Balaban J connectivity index is 1.47. The minimum atomic E-state index is -0.543. The normalized spacial score (nSPS) is 17.3. The molecule has 2 amide bonds. The lowest BCUT2D eigenvalue weighted by Crippen LogP contribution is -2.35. The van der Waals surface area contributed by atoms with E-state index in [9.17, 15) is 9.59 Å². The number of carbonyl (C=O) groups excluding carboxylic acids is 2. The van der Waals surface area contributed by atoms with Crippen molar-refractivity contribution in [2.24, 2.45) is 4.99 Å². The highest BCUT2D eigenvalue weighted by atomic mass is 35.5. The maximum atomic E-state index is 13.0. The van der Waals surface area contributed by atoms with Gasteiger partial charge in [0.25, 0.3) is 0 Å². The Bertz CT molecular complexity index is 1170. The molecule has 3 aromatic carbocycles. The summed E-state index contributed by atoms with van der Waals surface area (Å²) in [5.41, 5.74) is 1.39. The second-order valence-corrected chi connectivity index (χ2v) is 8.88. The van der Waals surface area contributed by atoms with Crippen LogP contribution in [0.1, 0.15) is 6.42 Å². The number of anilines is 1. The van der Waals surface area contributed by atoms with Crippen LogP contribution >= 0.6 is 23.4 Å². The maximum Gasteiger partial charge on any atom is 0.242 e. The molecule has 6 nitrogen and oxygen atoms in total. The van der Waals surface area contributed by atoms with E-state index in [1.165, 1.54) is 11.8 Å². The summed E-state index contributed by atoms with van der Waals surface area (Å²) in [5, 5.41) is 5.68. The average molecular weight is 468 g/mol. The summed E-state index contributed by atoms with van der Waals surface area (Å²) in [6.07, 6.45) is 0.0550. The van der Waals surface area contributed by atoms with E-state index in [1.54, 1.807) is 36.3 Å². The Hall–Kier alpha value is -2.87. The van der Waals surface area contributed by atoms with E-state index < -0.39 is 5.25 Å². The average Bonchev–Trinajstić information content (AvgIpc) is 3.07. The predicted octanol–water partition coefficient (Wildman–Crippen LogP) is 5.10. The van der Waals surface area contributed by atoms with E-state index in [4.69, 9.17) is 16.3 Å². The van der Waals surface area contributed by atoms with Gasteiger partial charge in [0.15, 0.2) is 5.17 Å². The number of nitrogens with zero attached hydrogens (tertiary/aromatic N) is 2. The van der Waals surface area contributed by atoms with E-state index in [2.05, 4.69) is 10.3 Å². The van der Waals surface area contributed by atoms with Crippen molar-refractivity contribution in [3.63, 3.8) is 0 Å². The second-order valence-electron chi connectivity index (χ2n) is 7.27. The molecular formula is C24H22ClN3O3S. The van der Waals surface area contributed by atoms with Crippen molar-refractivity contribution in [3.05, 3.63) is 71.8 Å². The van der Waals surface area contributed by atoms with Crippen molar-refractivity contribution in [1.29, 1.82) is 0 Å². The number of amidine groups is 1. The second kappa shape index (κ2) is 10.2. The minimum Gasteiger partial charge on any atom is -0.383 e. The number of methoxy groups -OCH3 is 1. The summed E-state index contributed by atoms with van der Waals surface area (Å²) in [6, 6.07) is 20.8. The number of carbonyl (C=O) groups is 2. The lowest BCUT2D eigenvalue weighted by atomic mass is 10.1. The van der Waals surface area contributed by atoms with Crippen LogP contribution in [0, 0.1) is 0 Å². The number of thioether (sulfide) groups is 1. The molecule has 0 aromatic heterocycles. The first kappa shape index (κ1) is 22.3. The van der Waals surface area contributed by atoms with Gasteiger partial charge in [-0.2, -0.15) is 0 Å². The monoisotopic (exact) mass is 467 g/mol. The Morgan fingerprint density at radius 3 is 2.62 bits per heavy atom. The van der Waals surface area contributed by atoms with Crippen LogP contribution in [0.15, 0.2) is 71.7 Å². The van der Waals surface area contributed by atoms with Crippen LogP contribution in [0.25, 0.3) is 10.8 Å². The van der Waals surface area contributed by atoms with Crippen LogP contribution in [0.4, 0.5) is 11.4 Å². The number of benzene rings is 3. The molecule has 1 fully saturated rings. The molecule has 4 rings (SSSR count). The third kappa shape index (κ3) is 5.30. The van der Waals surface area contributed by atoms with Gasteiger partial charge in [-0.05, 0) is 47.2 Å². The molecule has 32 heavy (non-hydrogen) atoms. The summed E-state index contributed by atoms with van der Waals surface area (Å²) in [4.78, 5) is 31.9. The summed E-state index contributed by atoms with van der Waals surface area (Å²) in [6.45, 7) is 0.749. The number of fused-ring (bicyclic) bond motifs is 1. The standard InChI is InChI=1S/C24H22ClN3O3S/c1-31-13-12-28-23(30)21(32-24(28)27-19-10-7-18(25)8-11-19)15-22(29)26-20-9-6-16-4-2-3-5-17(16)14-20/h2-11,14,21H,12-13,15H2,1H3,(H,26,29). The first-order valence-corrected chi connectivity index (χ1v) is 11.4. The zero-order chi connectivity index (χ0) is 22.5. The SMILES string of the molecule is COCCN1C(=O)C(CC(=O)Nc2ccc3ccccc3c2)SC1=Nc1ccc(Cl)cc1. The highest BCUT2D eigenvalue weighted by Crippen LogP contribution is 2.32. The molecule has 1 aliphatic heterocycles. The first-order chi connectivity index (χ1) is 15.5. The molecule has 3 aromatic rings. The van der Waals surface area contributed by atoms with Crippen LogP contribution in [0.5, 0.6) is 0 Å². The summed E-state index contributed by atoms with van der Waals surface area (Å²) in [5.74, 6) is -0.362. The molecule has 1 atom stereocenters. The van der Waals surface area contributed by atoms with E-state index >= 15 is 0 Å². The molecule has 1 heterocycles. The molecule has 1 unspecified atom stereocenters. The Kier molecular flexibility index (Phi) is 7.09. The number of hydrogen-bond donors (Lipinski definition) is 1. The molecule has 0 bridgehead atoms. The molecule has 1 N–H and O–H groups in total. The zero-order valence-electron chi connectivity index (χ0n) is 17.5. The fourth-order valence-electron chi connectivity index (χ4n) is 3.39. The van der Waals surface area contributed by atoms with Gasteiger partial charge in [-0.25, -0.2) is 4.99 Å². The molecule has 164 valence electrons. The fraction of sp³-hybridized carbons (Fsp3) is 0.208. The number of hydrogen-bond acceptors (Lipinski definition) is 5. The summed E-state index contributed by atoms with van der Waals surface area (Å²) < 4.78 is 5.14. The first-order valence-electron chi connectivity index (χ1n) is 10.1. The van der Waals surface area contributed by atoms with E-state index in [1.807, 2.05) is 42.5 Å². The maximum absolute atomic E-state index is 13.0. The topological polar surface area (TPSA) is 71.0 Å². The number of ether oxygens (including phenoxy) is 1. The van der Waals surface area contributed by atoms with Crippen LogP contribution in [0.2, 0.25) is 5.02 Å². The highest BCUT2D eigenvalue weighted by Gasteiger charge is 2.39. The van der Waals surface area contributed by atoms with Crippen molar-refractivity contribution in [1.82, 2.24) is 4.90 Å². The van der Waals surface area contributed by atoms with Gasteiger partial charge in [0.1, 0.15) is 5.25 Å². The van der Waals surface area contributed by atoms with Crippen molar-refractivity contribution in [2.45, 2.75) is 11.7 Å². The van der Waals surface area contributed by atoms with Gasteiger partial charge in [0, 0.05) is 24.2 Å². The molecule has 8 heteroatoms. The van der Waals surface area contributed by atoms with Crippen molar-refractivity contribution < 1.29 is 14.3 Å². The van der Waals surface area contributed by atoms with Gasteiger partial charge in [-0.15, -0.1) is 0 Å². The molecule has 0 saturated carbocycles. The lowest BCUT2D eigenvalue weighted by Gasteiger charge is -2.15. The minimum absolute atomic E-state index is 0.0550. The summed E-state index contributed by atoms with van der Waals surface area (Å²) in [7, 11) is 1.58. The van der Waals surface area contributed by atoms with Gasteiger partial charge >= 0.3 is 0 Å². The molecule has 1 aliphatic rings.